The highest BCUT2D eigenvalue weighted by Gasteiger charge is 2.19. The largest absolute Gasteiger partial charge is 0.161 e. The number of halogens is 1. The first kappa shape index (κ1) is 12.9. The van der Waals surface area contributed by atoms with E-state index < -0.39 is 0 Å². The predicted octanol–water partition coefficient (Wildman–Crippen LogP) is 4.58. The lowest BCUT2D eigenvalue weighted by Crippen LogP contribution is -2.17. The molecule has 0 radical (unpaired) electrons. The average molecular weight is 279 g/mol. The van der Waals surface area contributed by atoms with E-state index in [0.717, 1.165) is 17.8 Å². The summed E-state index contributed by atoms with van der Waals surface area (Å²) in [5.41, 5.74) is 0. The van der Waals surface area contributed by atoms with Crippen LogP contribution in [0.5, 0.6) is 0 Å². The summed E-state index contributed by atoms with van der Waals surface area (Å²) in [6.07, 6.45) is 5.86. The van der Waals surface area contributed by atoms with Crippen molar-refractivity contribution in [1.29, 1.82) is 0 Å². The summed E-state index contributed by atoms with van der Waals surface area (Å²) in [5, 5.41) is 1.22. The van der Waals surface area contributed by atoms with Crippen molar-refractivity contribution in [3.05, 3.63) is 0 Å². The Morgan fingerprint density at radius 3 is 2.21 bits per heavy atom. The monoisotopic (exact) mass is 278 g/mol. The Balaban J connectivity index is 2.04. The zero-order valence-electron chi connectivity index (χ0n) is 9.47. The van der Waals surface area contributed by atoms with E-state index in [-0.39, 0.29) is 0 Å². The van der Waals surface area contributed by atoms with Crippen molar-refractivity contribution in [3.63, 3.8) is 0 Å². The van der Waals surface area contributed by atoms with E-state index in [1.807, 2.05) is 0 Å². The molecule has 0 aliphatic heterocycles. The SMILES string of the molecule is CC(C)CSCC1CCC(CBr)CC1. The van der Waals surface area contributed by atoms with Gasteiger partial charge in [-0.25, -0.2) is 0 Å². The third-order valence-corrected chi connectivity index (χ3v) is 5.51. The quantitative estimate of drug-likeness (QED) is 0.664. The van der Waals surface area contributed by atoms with Crippen molar-refractivity contribution in [2.75, 3.05) is 16.8 Å². The lowest BCUT2D eigenvalue weighted by atomic mass is 9.84. The maximum Gasteiger partial charge on any atom is 0.00596 e. The van der Waals surface area contributed by atoms with Crippen LogP contribution >= 0.6 is 27.7 Å². The number of hydrogen-bond donors (Lipinski definition) is 0. The lowest BCUT2D eigenvalue weighted by Gasteiger charge is -2.27. The molecule has 14 heavy (non-hydrogen) atoms. The summed E-state index contributed by atoms with van der Waals surface area (Å²) in [6, 6.07) is 0. The minimum absolute atomic E-state index is 0.860. The van der Waals surface area contributed by atoms with Crippen molar-refractivity contribution in [1.82, 2.24) is 0 Å². The van der Waals surface area contributed by atoms with Crippen molar-refractivity contribution in [2.24, 2.45) is 17.8 Å². The van der Waals surface area contributed by atoms with E-state index in [1.54, 1.807) is 0 Å². The van der Waals surface area contributed by atoms with Crippen LogP contribution in [0.25, 0.3) is 0 Å². The zero-order valence-corrected chi connectivity index (χ0v) is 11.9. The Labute approximate surface area is 102 Å². The summed E-state index contributed by atoms with van der Waals surface area (Å²) >= 11 is 5.76. The van der Waals surface area contributed by atoms with Gasteiger partial charge in [0.2, 0.25) is 0 Å². The Hall–Kier alpha value is 0.830. The molecule has 1 aliphatic rings. The first-order valence-corrected chi connectivity index (χ1v) is 8.13. The summed E-state index contributed by atoms with van der Waals surface area (Å²) in [6.45, 7) is 4.63. The number of thioether (sulfide) groups is 1. The van der Waals surface area contributed by atoms with Gasteiger partial charge in [-0.05, 0) is 54.9 Å². The van der Waals surface area contributed by atoms with Gasteiger partial charge in [-0.2, -0.15) is 11.8 Å². The van der Waals surface area contributed by atoms with E-state index in [2.05, 4.69) is 41.5 Å². The van der Waals surface area contributed by atoms with Crippen molar-refractivity contribution in [3.8, 4) is 0 Å². The highest BCUT2D eigenvalue weighted by molar-refractivity contribution is 9.09. The summed E-state index contributed by atoms with van der Waals surface area (Å²) in [4.78, 5) is 0. The Kier molecular flexibility index (Phi) is 6.60. The lowest BCUT2D eigenvalue weighted by molar-refractivity contribution is 0.316. The molecule has 0 spiro atoms. The fourth-order valence-corrected chi connectivity index (χ4v) is 3.94. The number of hydrogen-bond acceptors (Lipinski definition) is 1. The zero-order chi connectivity index (χ0) is 10.4. The summed E-state index contributed by atoms with van der Waals surface area (Å²) in [7, 11) is 0. The van der Waals surface area contributed by atoms with Crippen LogP contribution in [0.1, 0.15) is 39.5 Å². The van der Waals surface area contributed by atoms with Gasteiger partial charge >= 0.3 is 0 Å². The molecule has 1 saturated carbocycles. The molecule has 0 aromatic rings. The molecule has 2 heteroatoms. The van der Waals surface area contributed by atoms with Crippen LogP contribution in [0, 0.1) is 17.8 Å². The van der Waals surface area contributed by atoms with Gasteiger partial charge in [-0.15, -0.1) is 0 Å². The summed E-state index contributed by atoms with van der Waals surface area (Å²) < 4.78 is 0. The molecule has 0 heterocycles. The second-order valence-electron chi connectivity index (χ2n) is 4.97. The van der Waals surface area contributed by atoms with Crippen LogP contribution < -0.4 is 0 Å². The van der Waals surface area contributed by atoms with Gasteiger partial charge in [0.1, 0.15) is 0 Å². The van der Waals surface area contributed by atoms with Crippen LogP contribution in [0.3, 0.4) is 0 Å². The summed E-state index contributed by atoms with van der Waals surface area (Å²) in [5.74, 6) is 5.61. The van der Waals surface area contributed by atoms with Gasteiger partial charge in [0.05, 0.1) is 0 Å². The molecule has 0 nitrogen and oxygen atoms in total. The van der Waals surface area contributed by atoms with Gasteiger partial charge in [-0.1, -0.05) is 29.8 Å². The predicted molar refractivity (Wildman–Crippen MR) is 71.4 cm³/mol. The fraction of sp³-hybridized carbons (Fsp3) is 1.00. The molecule has 0 saturated heterocycles. The van der Waals surface area contributed by atoms with Crippen molar-refractivity contribution >= 4 is 27.7 Å². The van der Waals surface area contributed by atoms with Gasteiger partial charge in [0, 0.05) is 5.33 Å². The minimum atomic E-state index is 0.860. The topological polar surface area (TPSA) is 0 Å². The van der Waals surface area contributed by atoms with Gasteiger partial charge in [-0.3, -0.25) is 0 Å². The smallest absolute Gasteiger partial charge is 0.00596 e. The van der Waals surface area contributed by atoms with Crippen molar-refractivity contribution in [2.45, 2.75) is 39.5 Å². The van der Waals surface area contributed by atoms with E-state index in [4.69, 9.17) is 0 Å². The van der Waals surface area contributed by atoms with Crippen molar-refractivity contribution < 1.29 is 0 Å². The van der Waals surface area contributed by atoms with Gasteiger partial charge in [0.15, 0.2) is 0 Å². The number of rotatable bonds is 5. The van der Waals surface area contributed by atoms with E-state index >= 15 is 0 Å². The van der Waals surface area contributed by atoms with Crippen LogP contribution in [-0.4, -0.2) is 16.8 Å². The second-order valence-corrected chi connectivity index (χ2v) is 6.69. The molecule has 1 rings (SSSR count). The molecular formula is C12H23BrS. The van der Waals surface area contributed by atoms with Crippen LogP contribution in [0.4, 0.5) is 0 Å². The highest BCUT2D eigenvalue weighted by Crippen LogP contribution is 2.31. The molecule has 0 bridgehead atoms. The first-order chi connectivity index (χ1) is 6.72. The Morgan fingerprint density at radius 2 is 1.71 bits per heavy atom. The van der Waals surface area contributed by atoms with Crippen LogP contribution in [0.2, 0.25) is 0 Å². The molecule has 0 aromatic heterocycles. The second kappa shape index (κ2) is 7.16. The number of alkyl halides is 1. The third kappa shape index (κ3) is 5.06. The van der Waals surface area contributed by atoms with E-state index in [0.29, 0.717) is 0 Å². The van der Waals surface area contributed by atoms with E-state index in [1.165, 1.54) is 42.5 Å². The highest BCUT2D eigenvalue weighted by atomic mass is 79.9. The molecule has 0 aromatic carbocycles. The molecule has 0 atom stereocenters. The fourth-order valence-electron chi connectivity index (χ4n) is 2.02. The Morgan fingerprint density at radius 1 is 1.14 bits per heavy atom. The maximum absolute atomic E-state index is 3.60. The molecular weight excluding hydrogens is 256 g/mol. The molecule has 1 fully saturated rings. The molecule has 84 valence electrons. The third-order valence-electron chi connectivity index (χ3n) is 2.99. The maximum atomic E-state index is 3.60. The average Bonchev–Trinajstić information content (AvgIpc) is 2.18. The molecule has 0 amide bonds. The normalized spacial score (nSPS) is 28.3. The van der Waals surface area contributed by atoms with E-state index in [9.17, 15) is 0 Å². The van der Waals surface area contributed by atoms with Crippen LogP contribution in [0.15, 0.2) is 0 Å². The molecule has 0 N–H and O–H groups in total. The first-order valence-electron chi connectivity index (χ1n) is 5.86. The van der Waals surface area contributed by atoms with Gasteiger partial charge in [0.25, 0.3) is 0 Å². The Bertz CT molecular complexity index is 139. The van der Waals surface area contributed by atoms with Crippen LogP contribution in [-0.2, 0) is 0 Å². The molecule has 1 aliphatic carbocycles. The van der Waals surface area contributed by atoms with Gasteiger partial charge < -0.3 is 0 Å². The standard InChI is InChI=1S/C12H23BrS/c1-10(2)8-14-9-12-5-3-11(7-13)4-6-12/h10-12H,3-9H2,1-2H3. The minimum Gasteiger partial charge on any atom is -0.161 e. The molecule has 0 unspecified atom stereocenters.